The van der Waals surface area contributed by atoms with Crippen LogP contribution in [0.4, 0.5) is 5.82 Å². The van der Waals surface area contributed by atoms with E-state index >= 15 is 0 Å². The van der Waals surface area contributed by atoms with Gasteiger partial charge in [-0.2, -0.15) is 5.10 Å². The third-order valence-electron chi connectivity index (χ3n) is 2.19. The fraction of sp³-hybridized carbons (Fsp3) is 0.700. The van der Waals surface area contributed by atoms with Gasteiger partial charge in [-0.05, 0) is 26.3 Å². The largest absolute Gasteiger partial charge is 0.370 e. The van der Waals surface area contributed by atoms with Crippen molar-refractivity contribution in [2.75, 3.05) is 18.4 Å². The van der Waals surface area contributed by atoms with Gasteiger partial charge in [0.05, 0.1) is 5.69 Å². The predicted octanol–water partition coefficient (Wildman–Crippen LogP) is 1.27. The Bertz CT molecular complexity index is 267. The van der Waals surface area contributed by atoms with E-state index in [0.29, 0.717) is 0 Å². The monoisotopic (exact) mass is 196 g/mol. The summed E-state index contributed by atoms with van der Waals surface area (Å²) >= 11 is 0. The molecule has 1 aromatic rings. The molecule has 4 heteroatoms. The van der Waals surface area contributed by atoms with Crippen LogP contribution in [0.25, 0.3) is 0 Å². The van der Waals surface area contributed by atoms with E-state index in [2.05, 4.69) is 16.5 Å². The molecule has 0 bridgehead atoms. The first-order valence-electron chi connectivity index (χ1n) is 5.18. The minimum atomic E-state index is 0.796. The van der Waals surface area contributed by atoms with Crippen LogP contribution in [0.1, 0.15) is 25.0 Å². The van der Waals surface area contributed by atoms with Crippen molar-refractivity contribution in [2.45, 2.75) is 26.2 Å². The number of nitrogens with zero attached hydrogens (tertiary/aromatic N) is 2. The third kappa shape index (κ3) is 3.38. The van der Waals surface area contributed by atoms with Crippen LogP contribution in [0.3, 0.4) is 0 Å². The summed E-state index contributed by atoms with van der Waals surface area (Å²) in [5.74, 6) is 1.09. The molecule has 0 amide bonds. The van der Waals surface area contributed by atoms with Crippen LogP contribution >= 0.6 is 0 Å². The van der Waals surface area contributed by atoms with Crippen LogP contribution in [-0.4, -0.2) is 22.9 Å². The van der Waals surface area contributed by atoms with Crippen molar-refractivity contribution in [3.8, 4) is 0 Å². The number of nitrogens with two attached hydrogens (primary N) is 1. The number of aryl methyl sites for hydroxylation is 2. The van der Waals surface area contributed by atoms with Gasteiger partial charge in [-0.15, -0.1) is 0 Å². The molecule has 1 heterocycles. The predicted molar refractivity (Wildman–Crippen MR) is 59.3 cm³/mol. The molecule has 0 aliphatic rings. The van der Waals surface area contributed by atoms with E-state index in [1.165, 1.54) is 12.8 Å². The number of aromatic nitrogens is 2. The number of nitrogens with one attached hydrogen (secondary N) is 1. The highest BCUT2D eigenvalue weighted by atomic mass is 15.3. The zero-order valence-corrected chi connectivity index (χ0v) is 9.08. The van der Waals surface area contributed by atoms with E-state index in [1.54, 1.807) is 0 Å². The summed E-state index contributed by atoms with van der Waals surface area (Å²) in [6.07, 6.45) is 3.48. The van der Waals surface area contributed by atoms with Crippen LogP contribution in [0.2, 0.25) is 0 Å². The van der Waals surface area contributed by atoms with Crippen molar-refractivity contribution in [1.29, 1.82) is 0 Å². The second-order valence-electron chi connectivity index (χ2n) is 3.57. The molecule has 4 nitrogen and oxygen atoms in total. The minimum Gasteiger partial charge on any atom is -0.370 e. The summed E-state index contributed by atoms with van der Waals surface area (Å²) in [5.41, 5.74) is 6.47. The molecule has 0 atom stereocenters. The number of unbranched alkanes of at least 4 members (excludes halogenated alkanes) is 2. The van der Waals surface area contributed by atoms with Gasteiger partial charge >= 0.3 is 0 Å². The zero-order chi connectivity index (χ0) is 10.4. The molecule has 0 aliphatic heterocycles. The second kappa shape index (κ2) is 5.65. The van der Waals surface area contributed by atoms with Crippen molar-refractivity contribution < 1.29 is 0 Å². The number of anilines is 1. The summed E-state index contributed by atoms with van der Waals surface area (Å²) in [7, 11) is 1.95. The van der Waals surface area contributed by atoms with E-state index in [0.717, 1.165) is 31.0 Å². The molecule has 0 spiro atoms. The Hall–Kier alpha value is -1.03. The Morgan fingerprint density at radius 2 is 2.21 bits per heavy atom. The molecule has 80 valence electrons. The van der Waals surface area contributed by atoms with Crippen LogP contribution in [0.5, 0.6) is 0 Å². The Morgan fingerprint density at radius 3 is 2.79 bits per heavy atom. The summed E-state index contributed by atoms with van der Waals surface area (Å²) in [5, 5.41) is 7.61. The van der Waals surface area contributed by atoms with Crippen LogP contribution < -0.4 is 11.1 Å². The normalized spacial score (nSPS) is 10.5. The molecule has 0 fully saturated rings. The molecule has 0 unspecified atom stereocenters. The molecular formula is C10H20N4. The van der Waals surface area contributed by atoms with E-state index in [-0.39, 0.29) is 0 Å². The quantitative estimate of drug-likeness (QED) is 0.674. The standard InChI is InChI=1S/C10H20N4/c1-9-8-10(14(2)13-9)12-7-5-3-4-6-11/h8,12H,3-7,11H2,1-2H3. The Morgan fingerprint density at radius 1 is 1.43 bits per heavy atom. The molecule has 0 saturated heterocycles. The van der Waals surface area contributed by atoms with Crippen LogP contribution in [0, 0.1) is 6.92 Å². The molecule has 1 rings (SSSR count). The maximum absolute atomic E-state index is 5.41. The van der Waals surface area contributed by atoms with Crippen molar-refractivity contribution in [2.24, 2.45) is 12.8 Å². The molecule has 0 aromatic carbocycles. The maximum atomic E-state index is 5.41. The molecule has 0 aliphatic carbocycles. The SMILES string of the molecule is Cc1cc(NCCCCCN)n(C)n1. The number of hydrogen-bond donors (Lipinski definition) is 2. The zero-order valence-electron chi connectivity index (χ0n) is 9.08. The van der Waals surface area contributed by atoms with Crippen LogP contribution in [-0.2, 0) is 7.05 Å². The van der Waals surface area contributed by atoms with E-state index in [4.69, 9.17) is 5.73 Å². The van der Waals surface area contributed by atoms with Gasteiger partial charge in [-0.1, -0.05) is 6.42 Å². The van der Waals surface area contributed by atoms with Gasteiger partial charge in [-0.3, -0.25) is 4.68 Å². The van der Waals surface area contributed by atoms with Crippen molar-refractivity contribution >= 4 is 5.82 Å². The smallest absolute Gasteiger partial charge is 0.124 e. The van der Waals surface area contributed by atoms with Crippen molar-refractivity contribution in [3.05, 3.63) is 11.8 Å². The molecule has 0 saturated carbocycles. The number of hydrogen-bond acceptors (Lipinski definition) is 3. The summed E-state index contributed by atoms with van der Waals surface area (Å²) < 4.78 is 1.87. The van der Waals surface area contributed by atoms with E-state index < -0.39 is 0 Å². The molecular weight excluding hydrogens is 176 g/mol. The highest BCUT2D eigenvalue weighted by Crippen LogP contribution is 2.07. The van der Waals surface area contributed by atoms with Gasteiger partial charge in [-0.25, -0.2) is 0 Å². The lowest BCUT2D eigenvalue weighted by Crippen LogP contribution is -2.07. The van der Waals surface area contributed by atoms with Gasteiger partial charge in [0, 0.05) is 19.7 Å². The minimum absolute atomic E-state index is 0.796. The van der Waals surface area contributed by atoms with E-state index in [9.17, 15) is 0 Å². The first kappa shape index (κ1) is 11.0. The highest BCUT2D eigenvalue weighted by molar-refractivity contribution is 5.36. The first-order chi connectivity index (χ1) is 6.74. The lowest BCUT2D eigenvalue weighted by atomic mass is 10.2. The Kier molecular flexibility index (Phi) is 4.46. The second-order valence-corrected chi connectivity index (χ2v) is 3.57. The molecule has 0 radical (unpaired) electrons. The van der Waals surface area contributed by atoms with Gasteiger partial charge in [0.2, 0.25) is 0 Å². The van der Waals surface area contributed by atoms with Crippen LogP contribution in [0.15, 0.2) is 6.07 Å². The topological polar surface area (TPSA) is 55.9 Å². The van der Waals surface area contributed by atoms with Gasteiger partial charge in [0.1, 0.15) is 5.82 Å². The summed E-state index contributed by atoms with van der Waals surface area (Å²) in [4.78, 5) is 0. The number of rotatable bonds is 6. The van der Waals surface area contributed by atoms with E-state index in [1.807, 2.05) is 18.7 Å². The fourth-order valence-corrected chi connectivity index (χ4v) is 1.44. The van der Waals surface area contributed by atoms with Gasteiger partial charge in [0.15, 0.2) is 0 Å². The van der Waals surface area contributed by atoms with Gasteiger partial charge in [0.25, 0.3) is 0 Å². The average Bonchev–Trinajstić information content (AvgIpc) is 2.45. The Labute approximate surface area is 85.5 Å². The summed E-state index contributed by atoms with van der Waals surface area (Å²) in [6.45, 7) is 3.80. The van der Waals surface area contributed by atoms with Gasteiger partial charge < -0.3 is 11.1 Å². The molecule has 1 aromatic heterocycles. The average molecular weight is 196 g/mol. The molecule has 3 N–H and O–H groups in total. The highest BCUT2D eigenvalue weighted by Gasteiger charge is 1.99. The van der Waals surface area contributed by atoms with Crippen molar-refractivity contribution in [1.82, 2.24) is 9.78 Å². The Balaban J connectivity index is 2.21. The van der Waals surface area contributed by atoms with Crippen molar-refractivity contribution in [3.63, 3.8) is 0 Å². The lowest BCUT2D eigenvalue weighted by molar-refractivity contribution is 0.698. The molecule has 14 heavy (non-hydrogen) atoms. The first-order valence-corrected chi connectivity index (χ1v) is 5.18. The third-order valence-corrected chi connectivity index (χ3v) is 2.19. The maximum Gasteiger partial charge on any atom is 0.124 e. The summed E-state index contributed by atoms with van der Waals surface area (Å²) in [6, 6.07) is 2.06. The lowest BCUT2D eigenvalue weighted by Gasteiger charge is -2.05. The fourth-order valence-electron chi connectivity index (χ4n) is 1.44.